The minimum atomic E-state index is -0.0736. The van der Waals surface area contributed by atoms with Gasteiger partial charge in [-0.25, -0.2) is 4.79 Å². The van der Waals surface area contributed by atoms with Crippen molar-refractivity contribution < 1.29 is 14.3 Å². The summed E-state index contributed by atoms with van der Waals surface area (Å²) < 4.78 is 10.4. The molecule has 6 nitrogen and oxygen atoms in total. The smallest absolute Gasteiger partial charge is 0.321 e. The van der Waals surface area contributed by atoms with Gasteiger partial charge in [0.15, 0.2) is 0 Å². The molecule has 25 heavy (non-hydrogen) atoms. The molecule has 0 aliphatic carbocycles. The fourth-order valence-electron chi connectivity index (χ4n) is 2.85. The molecule has 1 aliphatic heterocycles. The Morgan fingerprint density at radius 2 is 1.60 bits per heavy atom. The monoisotopic (exact) mass is 341 g/mol. The first kappa shape index (κ1) is 17.0. The summed E-state index contributed by atoms with van der Waals surface area (Å²) >= 11 is 0. The normalized spacial score (nSPS) is 14.2. The molecule has 1 saturated heterocycles. The Bertz CT molecular complexity index is 710. The highest BCUT2D eigenvalue weighted by atomic mass is 16.5. The number of amides is 2. The number of benzene rings is 2. The summed E-state index contributed by atoms with van der Waals surface area (Å²) in [5, 5.41) is 2.93. The maximum Gasteiger partial charge on any atom is 0.321 e. The average Bonchev–Trinajstić information content (AvgIpc) is 2.68. The number of ether oxygens (including phenoxy) is 2. The lowest BCUT2D eigenvalue weighted by Gasteiger charge is -2.36. The highest BCUT2D eigenvalue weighted by Crippen LogP contribution is 2.22. The zero-order valence-corrected chi connectivity index (χ0v) is 14.6. The number of rotatable bonds is 4. The van der Waals surface area contributed by atoms with Crippen molar-refractivity contribution >= 4 is 17.4 Å². The molecule has 2 amide bonds. The highest BCUT2D eigenvalue weighted by Gasteiger charge is 2.21. The van der Waals surface area contributed by atoms with Gasteiger partial charge in [0.05, 0.1) is 14.2 Å². The first-order valence-corrected chi connectivity index (χ1v) is 8.28. The fourth-order valence-corrected chi connectivity index (χ4v) is 2.85. The molecule has 1 fully saturated rings. The van der Waals surface area contributed by atoms with E-state index in [0.29, 0.717) is 13.1 Å². The summed E-state index contributed by atoms with van der Waals surface area (Å²) in [5.74, 6) is 1.61. The quantitative estimate of drug-likeness (QED) is 0.929. The minimum Gasteiger partial charge on any atom is -0.497 e. The van der Waals surface area contributed by atoms with Gasteiger partial charge in [0.1, 0.15) is 11.5 Å². The Kier molecular flexibility index (Phi) is 5.28. The van der Waals surface area contributed by atoms with Gasteiger partial charge in [-0.2, -0.15) is 0 Å². The Hall–Kier alpha value is -2.89. The standard InChI is InChI=1S/C19H23N3O3/c1-24-17-8-6-15(7-9-17)20-19(23)22-12-10-21(11-13-22)16-4-3-5-18(14-16)25-2/h3-9,14H,10-13H2,1-2H3,(H,20,23). The van der Waals surface area contributed by atoms with Crippen LogP contribution in [-0.2, 0) is 0 Å². The van der Waals surface area contributed by atoms with Crippen molar-refractivity contribution in [2.45, 2.75) is 0 Å². The van der Waals surface area contributed by atoms with Crippen molar-refractivity contribution in [2.24, 2.45) is 0 Å². The van der Waals surface area contributed by atoms with E-state index in [1.54, 1.807) is 14.2 Å². The van der Waals surface area contributed by atoms with E-state index in [9.17, 15) is 4.79 Å². The van der Waals surface area contributed by atoms with Crippen LogP contribution >= 0.6 is 0 Å². The predicted molar refractivity (Wildman–Crippen MR) is 98.8 cm³/mol. The van der Waals surface area contributed by atoms with E-state index in [1.165, 1.54) is 0 Å². The minimum absolute atomic E-state index is 0.0736. The van der Waals surface area contributed by atoms with Gasteiger partial charge in [-0.05, 0) is 36.4 Å². The number of urea groups is 1. The van der Waals surface area contributed by atoms with Crippen molar-refractivity contribution in [3.63, 3.8) is 0 Å². The molecule has 0 saturated carbocycles. The summed E-state index contributed by atoms with van der Waals surface area (Å²) in [7, 11) is 3.29. The van der Waals surface area contributed by atoms with Crippen molar-refractivity contribution in [1.29, 1.82) is 0 Å². The molecule has 0 atom stereocenters. The number of piperazine rings is 1. The Morgan fingerprint density at radius 1 is 0.920 bits per heavy atom. The van der Waals surface area contributed by atoms with Crippen LogP contribution in [0.1, 0.15) is 0 Å². The maximum atomic E-state index is 12.4. The molecule has 3 rings (SSSR count). The predicted octanol–water partition coefficient (Wildman–Crippen LogP) is 3.06. The third kappa shape index (κ3) is 4.15. The lowest BCUT2D eigenvalue weighted by atomic mass is 10.2. The van der Waals surface area contributed by atoms with Gasteiger partial charge in [-0.3, -0.25) is 0 Å². The van der Waals surface area contributed by atoms with E-state index < -0.39 is 0 Å². The summed E-state index contributed by atoms with van der Waals surface area (Å²) in [6.07, 6.45) is 0. The van der Waals surface area contributed by atoms with Crippen LogP contribution in [0.2, 0.25) is 0 Å². The van der Waals surface area contributed by atoms with Gasteiger partial charge >= 0.3 is 6.03 Å². The van der Waals surface area contributed by atoms with Crippen LogP contribution in [0.15, 0.2) is 48.5 Å². The van der Waals surface area contributed by atoms with E-state index >= 15 is 0 Å². The number of carbonyl (C=O) groups is 1. The molecule has 0 aromatic heterocycles. The van der Waals surface area contributed by atoms with Gasteiger partial charge < -0.3 is 24.6 Å². The lowest BCUT2D eigenvalue weighted by molar-refractivity contribution is 0.208. The number of anilines is 2. The summed E-state index contributed by atoms with van der Waals surface area (Å²) in [6, 6.07) is 15.3. The van der Waals surface area contributed by atoms with E-state index in [2.05, 4.69) is 16.3 Å². The van der Waals surface area contributed by atoms with Gasteiger partial charge in [-0.1, -0.05) is 6.07 Å². The number of nitrogens with one attached hydrogen (secondary N) is 1. The van der Waals surface area contributed by atoms with Crippen molar-refractivity contribution in [3.8, 4) is 11.5 Å². The van der Waals surface area contributed by atoms with Crippen molar-refractivity contribution in [1.82, 2.24) is 4.90 Å². The molecule has 1 aliphatic rings. The van der Waals surface area contributed by atoms with Gasteiger partial charge in [0, 0.05) is 43.6 Å². The Morgan fingerprint density at radius 3 is 2.24 bits per heavy atom. The van der Waals surface area contributed by atoms with Gasteiger partial charge in [0.25, 0.3) is 0 Å². The molecular formula is C19H23N3O3. The highest BCUT2D eigenvalue weighted by molar-refractivity contribution is 5.89. The van der Waals surface area contributed by atoms with Gasteiger partial charge in [-0.15, -0.1) is 0 Å². The molecule has 2 aromatic carbocycles. The maximum absolute atomic E-state index is 12.4. The second kappa shape index (κ2) is 7.79. The molecule has 6 heteroatoms. The third-order valence-electron chi connectivity index (χ3n) is 4.33. The van der Waals surface area contributed by atoms with Crippen LogP contribution in [0, 0.1) is 0 Å². The summed E-state index contributed by atoms with van der Waals surface area (Å²) in [6.45, 7) is 2.95. The molecule has 1 N–H and O–H groups in total. The second-order valence-corrected chi connectivity index (χ2v) is 5.83. The third-order valence-corrected chi connectivity index (χ3v) is 4.33. The average molecular weight is 341 g/mol. The molecule has 0 unspecified atom stereocenters. The first-order chi connectivity index (χ1) is 12.2. The van der Waals surface area contributed by atoms with Crippen LogP contribution < -0.4 is 19.7 Å². The van der Waals surface area contributed by atoms with E-state index in [0.717, 1.165) is 36.0 Å². The largest absolute Gasteiger partial charge is 0.497 e. The molecule has 2 aromatic rings. The van der Waals surface area contributed by atoms with E-state index in [-0.39, 0.29) is 6.03 Å². The van der Waals surface area contributed by atoms with Crippen LogP contribution in [0.3, 0.4) is 0 Å². The van der Waals surface area contributed by atoms with Crippen LogP contribution in [0.4, 0.5) is 16.2 Å². The van der Waals surface area contributed by atoms with Crippen LogP contribution in [0.25, 0.3) is 0 Å². The van der Waals surface area contributed by atoms with Crippen LogP contribution in [-0.4, -0.2) is 51.3 Å². The first-order valence-electron chi connectivity index (χ1n) is 8.28. The van der Waals surface area contributed by atoms with Gasteiger partial charge in [0.2, 0.25) is 0 Å². The lowest BCUT2D eigenvalue weighted by Crippen LogP contribution is -2.50. The van der Waals surface area contributed by atoms with Crippen LogP contribution in [0.5, 0.6) is 11.5 Å². The number of methoxy groups -OCH3 is 2. The molecule has 0 bridgehead atoms. The van der Waals surface area contributed by atoms with E-state index in [4.69, 9.17) is 9.47 Å². The summed E-state index contributed by atoms with van der Waals surface area (Å²) in [5.41, 5.74) is 1.88. The van der Waals surface area contributed by atoms with Crippen molar-refractivity contribution in [2.75, 3.05) is 50.6 Å². The molecule has 0 radical (unpaired) electrons. The Balaban J connectivity index is 1.54. The zero-order valence-electron chi connectivity index (χ0n) is 14.6. The zero-order chi connectivity index (χ0) is 17.6. The SMILES string of the molecule is COc1ccc(NC(=O)N2CCN(c3cccc(OC)c3)CC2)cc1. The Labute approximate surface area is 147 Å². The number of carbonyl (C=O) groups excluding carboxylic acids is 1. The molecular weight excluding hydrogens is 318 g/mol. The summed E-state index contributed by atoms with van der Waals surface area (Å²) in [4.78, 5) is 16.5. The molecule has 1 heterocycles. The topological polar surface area (TPSA) is 54.0 Å². The number of nitrogens with zero attached hydrogens (tertiary/aromatic N) is 2. The molecule has 132 valence electrons. The molecule has 0 spiro atoms. The van der Waals surface area contributed by atoms with E-state index in [1.807, 2.05) is 47.4 Å². The number of hydrogen-bond acceptors (Lipinski definition) is 4. The number of hydrogen-bond donors (Lipinski definition) is 1. The van der Waals surface area contributed by atoms with Crippen molar-refractivity contribution in [3.05, 3.63) is 48.5 Å². The second-order valence-electron chi connectivity index (χ2n) is 5.83. The fraction of sp³-hybridized carbons (Fsp3) is 0.316.